The Hall–Kier alpha value is -3.39. The summed E-state index contributed by atoms with van der Waals surface area (Å²) < 4.78 is 0. The van der Waals surface area contributed by atoms with Crippen molar-refractivity contribution in [3.8, 4) is 0 Å². The summed E-state index contributed by atoms with van der Waals surface area (Å²) in [6.07, 6.45) is 9.61. The Kier molecular flexibility index (Phi) is 6.47. The number of ketones is 1. The van der Waals surface area contributed by atoms with Crippen LogP contribution in [0.15, 0.2) is 71.1 Å². The molecular weight excluding hydrogens is 458 g/mol. The molecule has 35 heavy (non-hydrogen) atoms. The number of nitrogens with zero attached hydrogens (tertiary/aromatic N) is 3. The average Bonchev–Trinajstić information content (AvgIpc) is 3.35. The number of hydrogen-bond donors (Lipinski definition) is 2. The number of aliphatic imine (C=N–C) groups is 1. The van der Waals surface area contributed by atoms with Gasteiger partial charge in [0, 0.05) is 35.3 Å². The van der Waals surface area contributed by atoms with E-state index in [1.54, 1.807) is 30.1 Å². The molecule has 1 aromatic carbocycles. The monoisotopic (exact) mass is 487 g/mol. The molecule has 3 aliphatic rings. The van der Waals surface area contributed by atoms with Crippen molar-refractivity contribution in [3.63, 3.8) is 0 Å². The van der Waals surface area contributed by atoms with Gasteiger partial charge in [0.25, 0.3) is 0 Å². The number of fused-ring (bicyclic) bond motifs is 2. The third-order valence-corrected chi connectivity index (χ3v) is 7.81. The van der Waals surface area contributed by atoms with Gasteiger partial charge in [-0.25, -0.2) is 4.98 Å². The second-order valence-electron chi connectivity index (χ2n) is 8.90. The SMILES string of the molecule is CCSc1ccc(CC(=O)Nc2ccc3c(n2)CCC(CC)(C2=NC=CN4C=CNC24)C3=O)cc1. The van der Waals surface area contributed by atoms with Gasteiger partial charge in [0.15, 0.2) is 5.78 Å². The lowest BCUT2D eigenvalue weighted by molar-refractivity contribution is -0.115. The van der Waals surface area contributed by atoms with Crippen molar-refractivity contribution >= 4 is 35.0 Å². The molecule has 3 heterocycles. The number of pyridine rings is 1. The minimum absolute atomic E-state index is 0.0550. The highest BCUT2D eigenvalue weighted by molar-refractivity contribution is 7.99. The molecule has 1 aromatic heterocycles. The summed E-state index contributed by atoms with van der Waals surface area (Å²) in [6.45, 7) is 4.17. The van der Waals surface area contributed by atoms with Gasteiger partial charge in [-0.05, 0) is 54.8 Å². The summed E-state index contributed by atoms with van der Waals surface area (Å²) in [5.74, 6) is 1.43. The molecule has 2 N–H and O–H groups in total. The molecule has 0 bridgehead atoms. The van der Waals surface area contributed by atoms with Crippen LogP contribution in [0, 0.1) is 5.41 Å². The Morgan fingerprint density at radius 1 is 1.20 bits per heavy atom. The zero-order valence-electron chi connectivity index (χ0n) is 20.0. The molecule has 0 fully saturated rings. The van der Waals surface area contributed by atoms with Crippen LogP contribution in [0.2, 0.25) is 0 Å². The van der Waals surface area contributed by atoms with E-state index in [4.69, 9.17) is 0 Å². The van der Waals surface area contributed by atoms with Crippen molar-refractivity contribution in [2.24, 2.45) is 10.4 Å². The molecule has 0 saturated heterocycles. The molecule has 1 amide bonds. The number of aryl methyl sites for hydroxylation is 1. The van der Waals surface area contributed by atoms with E-state index in [1.165, 1.54) is 4.90 Å². The lowest BCUT2D eigenvalue weighted by atomic mass is 9.66. The van der Waals surface area contributed by atoms with Gasteiger partial charge in [0.1, 0.15) is 12.0 Å². The van der Waals surface area contributed by atoms with E-state index in [2.05, 4.69) is 27.5 Å². The van der Waals surface area contributed by atoms with Gasteiger partial charge in [-0.3, -0.25) is 14.6 Å². The number of carbonyl (C=O) groups is 2. The Morgan fingerprint density at radius 3 is 2.80 bits per heavy atom. The number of rotatable bonds is 7. The van der Waals surface area contributed by atoms with Crippen LogP contribution in [0.25, 0.3) is 0 Å². The number of Topliss-reactive ketones (excluding diaryl/α,β-unsaturated/α-hetero) is 1. The van der Waals surface area contributed by atoms with Crippen LogP contribution >= 0.6 is 11.8 Å². The number of thioether (sulfide) groups is 1. The highest BCUT2D eigenvalue weighted by atomic mass is 32.2. The number of anilines is 1. The third-order valence-electron chi connectivity index (χ3n) is 6.91. The largest absolute Gasteiger partial charge is 0.365 e. The summed E-state index contributed by atoms with van der Waals surface area (Å²) in [4.78, 5) is 39.0. The Morgan fingerprint density at radius 2 is 2.03 bits per heavy atom. The minimum atomic E-state index is -0.672. The van der Waals surface area contributed by atoms with Crippen molar-refractivity contribution in [3.05, 3.63) is 78.0 Å². The molecule has 5 rings (SSSR count). The summed E-state index contributed by atoms with van der Waals surface area (Å²) >= 11 is 1.78. The van der Waals surface area contributed by atoms with Crippen molar-refractivity contribution in [2.75, 3.05) is 11.1 Å². The smallest absolute Gasteiger partial charge is 0.229 e. The second kappa shape index (κ2) is 9.70. The molecule has 2 aromatic rings. The first kappa shape index (κ1) is 23.4. The van der Waals surface area contributed by atoms with E-state index >= 15 is 0 Å². The molecule has 0 spiro atoms. The lowest BCUT2D eigenvalue weighted by Crippen LogP contribution is -2.54. The average molecular weight is 488 g/mol. The number of benzene rings is 1. The number of amides is 1. The first-order valence-corrected chi connectivity index (χ1v) is 13.0. The summed E-state index contributed by atoms with van der Waals surface area (Å²) in [5, 5.41) is 6.22. The van der Waals surface area contributed by atoms with Crippen molar-refractivity contribution < 1.29 is 9.59 Å². The van der Waals surface area contributed by atoms with E-state index in [0.29, 0.717) is 30.6 Å². The maximum absolute atomic E-state index is 13.8. The molecular formula is C27H29N5O2S. The predicted octanol–water partition coefficient (Wildman–Crippen LogP) is 4.53. The molecule has 7 nitrogen and oxygen atoms in total. The van der Waals surface area contributed by atoms with Gasteiger partial charge in [0.2, 0.25) is 5.91 Å². The molecule has 180 valence electrons. The zero-order chi connectivity index (χ0) is 24.4. The fourth-order valence-corrected chi connectivity index (χ4v) is 5.73. The van der Waals surface area contributed by atoms with Gasteiger partial charge in [-0.15, -0.1) is 11.8 Å². The number of aromatic nitrogens is 1. The van der Waals surface area contributed by atoms with Crippen LogP contribution < -0.4 is 10.6 Å². The van der Waals surface area contributed by atoms with Gasteiger partial charge in [-0.2, -0.15) is 0 Å². The molecule has 2 aliphatic heterocycles. The highest BCUT2D eigenvalue weighted by Gasteiger charge is 2.49. The normalized spacial score (nSPS) is 22.3. The second-order valence-corrected chi connectivity index (χ2v) is 10.2. The standard InChI is InChI=1S/C27H29N5O2S/c1-3-27(24-26-29-14-16-32(26)15-13-28-24)12-11-21-20(25(27)34)9-10-22(30-21)31-23(33)17-18-5-7-19(8-6-18)35-4-2/h5-10,13-16,26,29H,3-4,11-12,17H2,1-2H3,(H,30,31,33). The third kappa shape index (κ3) is 4.38. The summed E-state index contributed by atoms with van der Waals surface area (Å²) in [5.41, 5.74) is 2.49. The maximum Gasteiger partial charge on any atom is 0.229 e. The summed E-state index contributed by atoms with van der Waals surface area (Å²) in [6, 6.07) is 11.6. The quantitative estimate of drug-likeness (QED) is 0.558. The van der Waals surface area contributed by atoms with E-state index in [0.717, 1.165) is 22.7 Å². The van der Waals surface area contributed by atoms with Crippen molar-refractivity contribution in [1.29, 1.82) is 0 Å². The highest BCUT2D eigenvalue weighted by Crippen LogP contribution is 2.42. The zero-order valence-corrected chi connectivity index (χ0v) is 20.8. The number of hydrogen-bond acceptors (Lipinski definition) is 7. The lowest BCUT2D eigenvalue weighted by Gasteiger charge is -2.41. The van der Waals surface area contributed by atoms with Gasteiger partial charge in [0.05, 0.1) is 23.2 Å². The first-order valence-electron chi connectivity index (χ1n) is 12.1. The Bertz CT molecular complexity index is 1240. The molecule has 2 unspecified atom stereocenters. The van der Waals surface area contributed by atoms with Crippen LogP contribution in [0.1, 0.15) is 48.3 Å². The van der Waals surface area contributed by atoms with Crippen LogP contribution in [0.3, 0.4) is 0 Å². The van der Waals surface area contributed by atoms with Gasteiger partial charge in [-0.1, -0.05) is 26.0 Å². The van der Waals surface area contributed by atoms with E-state index in [-0.39, 0.29) is 24.3 Å². The van der Waals surface area contributed by atoms with Gasteiger partial charge < -0.3 is 15.5 Å². The van der Waals surface area contributed by atoms with Crippen molar-refractivity contribution in [2.45, 2.75) is 50.6 Å². The van der Waals surface area contributed by atoms with Crippen LogP contribution in [0.4, 0.5) is 5.82 Å². The molecule has 0 radical (unpaired) electrons. The minimum Gasteiger partial charge on any atom is -0.365 e. The first-order chi connectivity index (χ1) is 17.0. The van der Waals surface area contributed by atoms with E-state index in [1.807, 2.05) is 54.7 Å². The molecule has 0 saturated carbocycles. The van der Waals surface area contributed by atoms with Crippen LogP contribution in [-0.4, -0.2) is 39.2 Å². The Labute approximate surface area is 209 Å². The van der Waals surface area contributed by atoms with Gasteiger partial charge >= 0.3 is 0 Å². The topological polar surface area (TPSA) is 86.7 Å². The summed E-state index contributed by atoms with van der Waals surface area (Å²) in [7, 11) is 0. The fraction of sp³-hybridized carbons (Fsp3) is 0.333. The maximum atomic E-state index is 13.8. The van der Waals surface area contributed by atoms with Crippen molar-refractivity contribution in [1.82, 2.24) is 15.2 Å². The Balaban J connectivity index is 1.31. The van der Waals surface area contributed by atoms with Crippen LogP contribution in [0.5, 0.6) is 0 Å². The molecule has 8 heteroatoms. The van der Waals surface area contributed by atoms with E-state index in [9.17, 15) is 9.59 Å². The van der Waals surface area contributed by atoms with E-state index < -0.39 is 5.41 Å². The van der Waals surface area contributed by atoms with Crippen LogP contribution in [-0.2, 0) is 17.6 Å². The fourth-order valence-electron chi connectivity index (χ4n) is 5.07. The molecule has 1 aliphatic carbocycles. The number of nitrogens with one attached hydrogen (secondary N) is 2. The molecule has 2 atom stereocenters. The predicted molar refractivity (Wildman–Crippen MR) is 139 cm³/mol. The number of carbonyl (C=O) groups excluding carboxylic acids is 2.